The van der Waals surface area contributed by atoms with Crippen LogP contribution >= 0.6 is 0 Å². The molecule has 5 heteroatoms. The molecular formula is C24H37NO4. The number of hydrogen-bond acceptors (Lipinski definition) is 5. The fourth-order valence-corrected chi connectivity index (χ4v) is 5.51. The van der Waals surface area contributed by atoms with E-state index in [9.17, 15) is 15.1 Å². The van der Waals surface area contributed by atoms with Crippen LogP contribution in [0.2, 0.25) is 0 Å². The molecule has 162 valence electrons. The van der Waals surface area contributed by atoms with E-state index in [1.54, 1.807) is 0 Å². The molecule has 0 aromatic heterocycles. The first-order chi connectivity index (χ1) is 13.6. The maximum atomic E-state index is 13.2. The molecule has 29 heavy (non-hydrogen) atoms. The Kier molecular flexibility index (Phi) is 6.16. The summed E-state index contributed by atoms with van der Waals surface area (Å²) in [5.74, 6) is 0.0538. The number of ketones is 1. The minimum absolute atomic E-state index is 0.0535. The quantitative estimate of drug-likeness (QED) is 0.327. The van der Waals surface area contributed by atoms with Crippen LogP contribution in [-0.2, 0) is 9.53 Å². The molecule has 0 spiro atoms. The average molecular weight is 404 g/mol. The minimum atomic E-state index is -0.391. The van der Waals surface area contributed by atoms with Crippen molar-refractivity contribution >= 4 is 11.5 Å². The van der Waals surface area contributed by atoms with Gasteiger partial charge in [0.1, 0.15) is 11.4 Å². The van der Waals surface area contributed by atoms with Crippen molar-refractivity contribution in [2.24, 2.45) is 28.3 Å². The lowest BCUT2D eigenvalue weighted by molar-refractivity contribution is -0.125. The van der Waals surface area contributed by atoms with Gasteiger partial charge in [-0.05, 0) is 51.0 Å². The number of allylic oxidation sites excluding steroid dienone is 3. The summed E-state index contributed by atoms with van der Waals surface area (Å²) in [5, 5.41) is 23.7. The van der Waals surface area contributed by atoms with Crippen molar-refractivity contribution in [3.63, 3.8) is 0 Å². The maximum Gasteiger partial charge on any atom is 0.205 e. The third-order valence-electron chi connectivity index (χ3n) is 7.33. The van der Waals surface area contributed by atoms with Crippen LogP contribution in [0.5, 0.6) is 0 Å². The number of ether oxygens (including phenoxy) is 1. The van der Waals surface area contributed by atoms with Crippen molar-refractivity contribution in [3.8, 4) is 0 Å². The minimum Gasteiger partial charge on any atom is -0.504 e. The number of fused-ring (bicyclic) bond motifs is 3. The topological polar surface area (TPSA) is 79.1 Å². The number of unbranched alkanes of at least 4 members (excludes halogenated alkanes) is 3. The van der Waals surface area contributed by atoms with Gasteiger partial charge in [-0.15, -0.1) is 0 Å². The van der Waals surface area contributed by atoms with Crippen LogP contribution in [0.15, 0.2) is 28.3 Å². The third-order valence-corrected chi connectivity index (χ3v) is 7.33. The molecule has 3 rings (SSSR count). The molecule has 1 saturated heterocycles. The fourth-order valence-electron chi connectivity index (χ4n) is 5.51. The number of oxime groups is 1. The second-order valence-electron chi connectivity index (χ2n) is 10.3. The van der Waals surface area contributed by atoms with Gasteiger partial charge in [-0.1, -0.05) is 51.6 Å². The molecule has 3 aliphatic rings. The summed E-state index contributed by atoms with van der Waals surface area (Å²) >= 11 is 0. The highest BCUT2D eigenvalue weighted by Gasteiger charge is 2.52. The van der Waals surface area contributed by atoms with Crippen molar-refractivity contribution in [2.75, 3.05) is 0 Å². The lowest BCUT2D eigenvalue weighted by atomic mass is 9.62. The molecule has 1 heterocycles. The predicted octanol–water partition coefficient (Wildman–Crippen LogP) is 5.93. The standard InChI is InChI=1S/C24H37NO4/c1-6-7-8-9-12-23(2,3)18-14-19-20(22(27)21(18)26)16-13-15(25-28)10-11-17(16)24(4,5)29-19/h14,16-18,27-28H,6-13H2,1-5H3. The molecule has 2 N–H and O–H groups in total. The summed E-state index contributed by atoms with van der Waals surface area (Å²) < 4.78 is 6.39. The van der Waals surface area contributed by atoms with Crippen molar-refractivity contribution in [1.82, 2.24) is 0 Å². The molecule has 3 atom stereocenters. The number of aliphatic hydroxyl groups excluding tert-OH is 1. The Labute approximate surface area is 174 Å². The lowest BCUT2D eigenvalue weighted by Crippen LogP contribution is -2.49. The molecule has 3 unspecified atom stereocenters. The molecule has 1 saturated carbocycles. The highest BCUT2D eigenvalue weighted by Crippen LogP contribution is 2.53. The smallest absolute Gasteiger partial charge is 0.205 e. The van der Waals surface area contributed by atoms with E-state index < -0.39 is 5.60 Å². The predicted molar refractivity (Wildman–Crippen MR) is 114 cm³/mol. The highest BCUT2D eigenvalue weighted by molar-refractivity contribution is 6.00. The Balaban J connectivity index is 1.91. The molecule has 0 amide bonds. The van der Waals surface area contributed by atoms with Gasteiger partial charge in [0.05, 0.1) is 11.6 Å². The first-order valence-corrected chi connectivity index (χ1v) is 11.2. The maximum absolute atomic E-state index is 13.2. The number of aliphatic hydroxyl groups is 1. The summed E-state index contributed by atoms with van der Waals surface area (Å²) in [7, 11) is 0. The molecule has 0 bridgehead atoms. The number of rotatable bonds is 6. The Morgan fingerprint density at radius 1 is 1.28 bits per heavy atom. The normalized spacial score (nSPS) is 30.5. The SMILES string of the molecule is CCCCCCC(C)(C)C1C=C2OC(C)(C)C3CCC(=NO)CC3C2=C(O)C1=O. The molecule has 2 aliphatic carbocycles. The first-order valence-electron chi connectivity index (χ1n) is 11.2. The molecule has 0 radical (unpaired) electrons. The molecule has 2 fully saturated rings. The van der Waals surface area contributed by atoms with Crippen molar-refractivity contribution in [2.45, 2.75) is 91.6 Å². The summed E-state index contributed by atoms with van der Waals surface area (Å²) in [6.45, 7) is 10.6. The summed E-state index contributed by atoms with van der Waals surface area (Å²) in [5.41, 5.74) is 0.719. The zero-order valence-corrected chi connectivity index (χ0v) is 18.6. The van der Waals surface area contributed by atoms with Crippen molar-refractivity contribution in [1.29, 1.82) is 0 Å². The van der Waals surface area contributed by atoms with E-state index in [-0.39, 0.29) is 34.7 Å². The van der Waals surface area contributed by atoms with Gasteiger partial charge in [-0.2, -0.15) is 0 Å². The molecule has 0 aromatic rings. The van der Waals surface area contributed by atoms with Gasteiger partial charge in [-0.3, -0.25) is 4.79 Å². The summed E-state index contributed by atoms with van der Waals surface area (Å²) in [4.78, 5) is 13.2. The van der Waals surface area contributed by atoms with Crippen LogP contribution in [0, 0.1) is 23.2 Å². The van der Waals surface area contributed by atoms with Gasteiger partial charge in [0.2, 0.25) is 5.78 Å². The lowest BCUT2D eigenvalue weighted by Gasteiger charge is -2.50. The molecule has 5 nitrogen and oxygen atoms in total. The van der Waals surface area contributed by atoms with Crippen LogP contribution in [-0.4, -0.2) is 27.4 Å². The van der Waals surface area contributed by atoms with Crippen LogP contribution < -0.4 is 0 Å². The van der Waals surface area contributed by atoms with E-state index in [1.807, 2.05) is 6.08 Å². The van der Waals surface area contributed by atoms with E-state index in [0.717, 1.165) is 31.4 Å². The zero-order valence-electron chi connectivity index (χ0n) is 18.6. The third kappa shape index (κ3) is 4.10. The van der Waals surface area contributed by atoms with Gasteiger partial charge >= 0.3 is 0 Å². The van der Waals surface area contributed by atoms with Crippen LogP contribution in [0.4, 0.5) is 0 Å². The van der Waals surface area contributed by atoms with Crippen LogP contribution in [0.25, 0.3) is 0 Å². The van der Waals surface area contributed by atoms with E-state index in [1.165, 1.54) is 19.3 Å². The monoisotopic (exact) mass is 403 g/mol. The van der Waals surface area contributed by atoms with Crippen molar-refractivity contribution < 1.29 is 19.8 Å². The largest absolute Gasteiger partial charge is 0.504 e. The van der Waals surface area contributed by atoms with Gasteiger partial charge in [-0.25, -0.2) is 0 Å². The molecule has 1 aliphatic heterocycles. The Bertz CT molecular complexity index is 744. The summed E-state index contributed by atoms with van der Waals surface area (Å²) in [6, 6.07) is 0. The second kappa shape index (κ2) is 8.16. The van der Waals surface area contributed by atoms with E-state index in [2.05, 4.69) is 39.8 Å². The van der Waals surface area contributed by atoms with Gasteiger partial charge in [0, 0.05) is 17.4 Å². The van der Waals surface area contributed by atoms with Gasteiger partial charge in [0.15, 0.2) is 5.76 Å². The van der Waals surface area contributed by atoms with Gasteiger partial charge in [0.25, 0.3) is 0 Å². The number of Topliss-reactive ketones (excluding diaryl/α,β-unsaturated/α-hetero) is 1. The number of hydrogen-bond donors (Lipinski definition) is 2. The molecule has 0 aromatic carbocycles. The summed E-state index contributed by atoms with van der Waals surface area (Å²) in [6.07, 6.45) is 9.64. The average Bonchev–Trinajstić information content (AvgIpc) is 2.67. The van der Waals surface area contributed by atoms with Crippen LogP contribution in [0.1, 0.15) is 86.0 Å². The van der Waals surface area contributed by atoms with E-state index >= 15 is 0 Å². The van der Waals surface area contributed by atoms with Crippen LogP contribution in [0.3, 0.4) is 0 Å². The van der Waals surface area contributed by atoms with E-state index in [0.29, 0.717) is 17.8 Å². The Hall–Kier alpha value is -1.78. The zero-order chi connectivity index (χ0) is 21.4. The van der Waals surface area contributed by atoms with Gasteiger partial charge < -0.3 is 15.1 Å². The van der Waals surface area contributed by atoms with E-state index in [4.69, 9.17) is 4.74 Å². The number of carbonyl (C=O) groups is 1. The van der Waals surface area contributed by atoms with Crippen molar-refractivity contribution in [3.05, 3.63) is 23.2 Å². The molecular weight excluding hydrogens is 366 g/mol. The first kappa shape index (κ1) is 21.9. The Morgan fingerprint density at radius 2 is 2.00 bits per heavy atom. The number of nitrogens with zero attached hydrogens (tertiary/aromatic N) is 1. The number of carbonyl (C=O) groups excluding carboxylic acids is 1. The second-order valence-corrected chi connectivity index (χ2v) is 10.3. The Morgan fingerprint density at radius 3 is 2.66 bits per heavy atom. The highest BCUT2D eigenvalue weighted by atomic mass is 16.5. The fraction of sp³-hybridized carbons (Fsp3) is 0.750.